The van der Waals surface area contributed by atoms with E-state index in [1.807, 2.05) is 0 Å². The summed E-state index contributed by atoms with van der Waals surface area (Å²) in [5, 5.41) is 0. The minimum atomic E-state index is -3.13. The quantitative estimate of drug-likeness (QED) is 0.133. The summed E-state index contributed by atoms with van der Waals surface area (Å²) in [7, 11) is -18.8. The van der Waals surface area contributed by atoms with Crippen molar-refractivity contribution in [3.63, 3.8) is 0 Å². The zero-order valence-electron chi connectivity index (χ0n) is 14.8. The van der Waals surface area contributed by atoms with Crippen LogP contribution in [0.1, 0.15) is 2.85 Å². The summed E-state index contributed by atoms with van der Waals surface area (Å²) < 4.78 is 52.4. The van der Waals surface area contributed by atoms with Gasteiger partial charge >= 0.3 is 114 Å². The Hall–Kier alpha value is -0.299. The van der Waals surface area contributed by atoms with Crippen LogP contribution in [-0.2, 0) is 26.8 Å². The summed E-state index contributed by atoms with van der Waals surface area (Å²) in [5.41, 5.74) is 0. The molecule has 0 atom stereocenters. The molecule has 0 aromatic heterocycles. The molecule has 26 heteroatoms. The Morgan fingerprint density at radius 3 is 0.308 bits per heavy atom. The van der Waals surface area contributed by atoms with Crippen molar-refractivity contribution in [3.05, 3.63) is 0 Å². The monoisotopic (exact) mass is 516 g/mol. The van der Waals surface area contributed by atoms with Gasteiger partial charge in [0.15, 0.2) is 0 Å². The van der Waals surface area contributed by atoms with Gasteiger partial charge in [-0.2, -0.15) is 0 Å². The molecule has 0 aliphatic carbocycles. The van der Waals surface area contributed by atoms with Gasteiger partial charge in [0.2, 0.25) is 0 Å². The minimum Gasteiger partial charge on any atom is -1.00 e. The number of hydrogen-bond donors (Lipinski definition) is 12. The van der Waals surface area contributed by atoms with E-state index in [0.29, 0.717) is 0 Å². The molecule has 0 radical (unpaired) electrons. The van der Waals surface area contributed by atoms with Gasteiger partial charge in [-0.25, -0.2) is 0 Å². The van der Waals surface area contributed by atoms with Crippen molar-refractivity contribution in [3.8, 4) is 0 Å². The van der Waals surface area contributed by atoms with Crippen LogP contribution < -0.4 is 59.1 Å². The van der Waals surface area contributed by atoms with Crippen LogP contribution in [0.3, 0.4) is 0 Å². The molecule has 0 fully saturated rings. The Kier molecular flexibility index (Phi) is 85.2. The van der Waals surface area contributed by atoms with E-state index >= 15 is 0 Å². The van der Waals surface area contributed by atoms with Gasteiger partial charge < -0.3 is 60.4 Å². The number of hydrogen-bond acceptors (Lipinski definition) is 6. The van der Waals surface area contributed by atoms with Crippen LogP contribution in [0.4, 0.5) is 0 Å². The van der Waals surface area contributed by atoms with E-state index in [0.717, 1.165) is 0 Å². The molecular weight excluding hydrogens is 502 g/mol. The van der Waals surface area contributed by atoms with Crippen LogP contribution in [0.5, 0.6) is 0 Å². The first-order valence-electron chi connectivity index (χ1n) is 3.91. The molecule has 0 rings (SSSR count). The Labute approximate surface area is 199 Å². The van der Waals surface area contributed by atoms with Gasteiger partial charge in [-0.1, -0.05) is 0 Å². The standard InChI is InChI=1S/2Na.6H2O3Si.2H/c;;6*1-4(2)3;;/h;;6*1-2H;;/q2*+1;;;;;;;2*-1. The van der Waals surface area contributed by atoms with Crippen LogP contribution in [-0.4, -0.2) is 113 Å². The van der Waals surface area contributed by atoms with Crippen molar-refractivity contribution in [2.45, 2.75) is 0 Å². The number of rotatable bonds is 0. The van der Waals surface area contributed by atoms with Gasteiger partial charge in [0, 0.05) is 0 Å². The third kappa shape index (κ3) is 137000. The van der Waals surface area contributed by atoms with E-state index in [4.69, 9.17) is 84.3 Å². The van der Waals surface area contributed by atoms with Gasteiger partial charge in [-0.05, 0) is 0 Å². The second-order valence-corrected chi connectivity index (χ2v) is 5.09. The van der Waals surface area contributed by atoms with Crippen molar-refractivity contribution in [1.29, 1.82) is 0 Å². The Morgan fingerprint density at radius 2 is 0.308 bits per heavy atom. The van der Waals surface area contributed by atoms with Crippen LogP contribution in [0.2, 0.25) is 0 Å². The van der Waals surface area contributed by atoms with Crippen LogP contribution in [0.15, 0.2) is 0 Å². The van der Waals surface area contributed by atoms with E-state index in [-0.39, 0.29) is 62.0 Å². The van der Waals surface area contributed by atoms with Crippen molar-refractivity contribution in [2.24, 2.45) is 0 Å². The summed E-state index contributed by atoms with van der Waals surface area (Å²) >= 11 is 0. The molecule has 26 heavy (non-hydrogen) atoms. The molecule has 0 aromatic rings. The largest absolute Gasteiger partial charge is 1.00 e. The molecular formula is H14Na2O18Si6. The predicted octanol–water partition coefficient (Wildman–Crippen LogP) is -15.4. The van der Waals surface area contributed by atoms with E-state index in [9.17, 15) is 0 Å². The molecule has 0 saturated heterocycles. The average Bonchev–Trinajstić information content (AvgIpc) is 2.08. The predicted molar refractivity (Wildman–Crippen MR) is 67.5 cm³/mol. The summed E-state index contributed by atoms with van der Waals surface area (Å²) in [6.07, 6.45) is 0. The third-order valence-corrected chi connectivity index (χ3v) is 0. The first-order valence-corrected chi connectivity index (χ1v) is 11.7. The maximum Gasteiger partial charge on any atom is 1.00 e. The van der Waals surface area contributed by atoms with Crippen LogP contribution >= 0.6 is 0 Å². The molecule has 0 bridgehead atoms. The zero-order valence-corrected chi connectivity index (χ0v) is 22.8. The van der Waals surface area contributed by atoms with E-state index < -0.39 is 55.0 Å². The Morgan fingerprint density at radius 1 is 0.308 bits per heavy atom. The first kappa shape index (κ1) is 50.0. The molecule has 0 aliphatic rings. The molecule has 0 unspecified atom stereocenters. The average molecular weight is 517 g/mol. The SMILES string of the molecule is O=[Si](O)O.O=[Si](O)O.O=[Si](O)O.O=[Si](O)O.O=[Si](O)O.O=[Si](O)O.[H-].[H-].[Na+].[Na+]. The van der Waals surface area contributed by atoms with E-state index in [2.05, 4.69) is 0 Å². The van der Waals surface area contributed by atoms with E-state index in [1.165, 1.54) is 0 Å². The molecule has 18 nitrogen and oxygen atoms in total. The smallest absolute Gasteiger partial charge is 1.00 e. The molecule has 0 aromatic carbocycles. The fourth-order valence-electron chi connectivity index (χ4n) is 0. The normalized spacial score (nSPS) is 5.54. The first-order chi connectivity index (χ1) is 10.4. The van der Waals surface area contributed by atoms with Gasteiger partial charge in [0.05, 0.1) is 0 Å². The third-order valence-electron chi connectivity index (χ3n) is 0. The molecule has 0 saturated carbocycles. The summed E-state index contributed by atoms with van der Waals surface area (Å²) in [6.45, 7) is 0. The topological polar surface area (TPSA) is 345 Å². The molecule has 0 amide bonds. The second-order valence-electron chi connectivity index (χ2n) is 1.70. The maximum atomic E-state index is 8.74. The fourth-order valence-corrected chi connectivity index (χ4v) is 0. The second kappa shape index (κ2) is 44.3. The minimum absolute atomic E-state index is 0. The van der Waals surface area contributed by atoms with E-state index in [1.54, 1.807) is 0 Å². The molecule has 0 heterocycles. The maximum absolute atomic E-state index is 8.74. The fraction of sp³-hybridized carbons (Fsp3) is 0. The molecule has 148 valence electrons. The van der Waals surface area contributed by atoms with Gasteiger partial charge in [0.25, 0.3) is 0 Å². The molecule has 0 aliphatic heterocycles. The van der Waals surface area contributed by atoms with Crippen LogP contribution in [0.25, 0.3) is 0 Å². The Balaban J connectivity index is -0.0000000169. The summed E-state index contributed by atoms with van der Waals surface area (Å²) in [4.78, 5) is 85.9. The van der Waals surface area contributed by atoms with Crippen molar-refractivity contribution >= 4 is 55.0 Å². The van der Waals surface area contributed by atoms with Crippen LogP contribution in [0, 0.1) is 0 Å². The Bertz CT molecular complexity index is 271. The molecule has 0 spiro atoms. The van der Waals surface area contributed by atoms with Gasteiger partial charge in [-0.15, -0.1) is 0 Å². The van der Waals surface area contributed by atoms with Gasteiger partial charge in [0.1, 0.15) is 0 Å². The zero-order chi connectivity index (χ0) is 21.5. The molecule has 12 N–H and O–H groups in total. The van der Waals surface area contributed by atoms with Crippen molar-refractivity contribution < 1.29 is 146 Å². The summed E-state index contributed by atoms with van der Waals surface area (Å²) in [6, 6.07) is 0. The van der Waals surface area contributed by atoms with Gasteiger partial charge in [-0.3, -0.25) is 26.8 Å². The van der Waals surface area contributed by atoms with Crippen molar-refractivity contribution in [2.75, 3.05) is 0 Å². The summed E-state index contributed by atoms with van der Waals surface area (Å²) in [5.74, 6) is 0. The van der Waals surface area contributed by atoms with Crippen molar-refractivity contribution in [1.82, 2.24) is 0 Å².